The molecule has 0 bridgehead atoms. The van der Waals surface area contributed by atoms with Gasteiger partial charge in [0, 0.05) is 19.0 Å². The molecule has 0 saturated carbocycles. The van der Waals surface area contributed by atoms with E-state index in [-0.39, 0.29) is 5.41 Å². The fourth-order valence-corrected chi connectivity index (χ4v) is 3.24. The van der Waals surface area contributed by atoms with E-state index in [4.69, 9.17) is 5.73 Å². The lowest BCUT2D eigenvalue weighted by atomic mass is 9.75. The molecule has 1 aromatic carbocycles. The summed E-state index contributed by atoms with van der Waals surface area (Å²) < 4.78 is 1.86. The highest BCUT2D eigenvalue weighted by Gasteiger charge is 2.44. The first kappa shape index (κ1) is 12.4. The summed E-state index contributed by atoms with van der Waals surface area (Å²) in [5, 5.41) is 10.8. The van der Waals surface area contributed by atoms with Crippen LogP contribution < -0.4 is 5.73 Å². The Hall–Kier alpha value is -1.65. The molecule has 1 aliphatic carbocycles. The van der Waals surface area contributed by atoms with Crippen molar-refractivity contribution in [1.29, 1.82) is 0 Å². The van der Waals surface area contributed by atoms with Crippen LogP contribution in [-0.2, 0) is 18.9 Å². The summed E-state index contributed by atoms with van der Waals surface area (Å²) in [6.07, 6.45) is 4.68. The van der Waals surface area contributed by atoms with Gasteiger partial charge < -0.3 is 15.4 Å². The molecule has 3 N–H and O–H groups in total. The molecule has 1 aromatic heterocycles. The number of nitrogens with zero attached hydrogens (tertiary/aromatic N) is 2. The van der Waals surface area contributed by atoms with Crippen LogP contribution in [-0.4, -0.2) is 21.2 Å². The van der Waals surface area contributed by atoms with E-state index in [1.165, 1.54) is 11.1 Å². The molecule has 4 heteroatoms. The van der Waals surface area contributed by atoms with Gasteiger partial charge in [0.1, 0.15) is 6.10 Å². The van der Waals surface area contributed by atoms with E-state index in [9.17, 15) is 5.11 Å². The smallest absolute Gasteiger partial charge is 0.106 e. The minimum absolute atomic E-state index is 0.385. The third-order valence-corrected chi connectivity index (χ3v) is 4.42. The van der Waals surface area contributed by atoms with Gasteiger partial charge in [0.25, 0.3) is 0 Å². The SMILES string of the molecule is Cn1cncc1C(O)C1(CN)CCc2ccccc21. The van der Waals surface area contributed by atoms with Crippen molar-refractivity contribution in [3.63, 3.8) is 0 Å². The molecule has 2 atom stereocenters. The number of aromatic nitrogens is 2. The highest BCUT2D eigenvalue weighted by atomic mass is 16.3. The number of hydrogen-bond donors (Lipinski definition) is 2. The van der Waals surface area contributed by atoms with E-state index >= 15 is 0 Å². The normalized spacial score (nSPS) is 23.3. The number of aryl methyl sites for hydroxylation is 2. The van der Waals surface area contributed by atoms with E-state index in [2.05, 4.69) is 17.1 Å². The monoisotopic (exact) mass is 257 g/mol. The summed E-state index contributed by atoms with van der Waals surface area (Å²) in [5.74, 6) is 0. The largest absolute Gasteiger partial charge is 0.386 e. The molecule has 0 fully saturated rings. The van der Waals surface area contributed by atoms with Gasteiger partial charge in [-0.1, -0.05) is 24.3 Å². The summed E-state index contributed by atoms with van der Waals surface area (Å²) in [6, 6.07) is 8.28. The molecular formula is C15H19N3O. The second-order valence-electron chi connectivity index (χ2n) is 5.35. The summed E-state index contributed by atoms with van der Waals surface area (Å²) in [5.41, 5.74) is 8.97. The number of aliphatic hydroxyl groups is 1. The fourth-order valence-electron chi connectivity index (χ4n) is 3.24. The van der Waals surface area contributed by atoms with Crippen LogP contribution in [0.2, 0.25) is 0 Å². The second kappa shape index (κ2) is 4.47. The molecule has 1 heterocycles. The number of hydrogen-bond acceptors (Lipinski definition) is 3. The number of benzene rings is 1. The molecule has 100 valence electrons. The van der Waals surface area contributed by atoms with Gasteiger partial charge >= 0.3 is 0 Å². The van der Waals surface area contributed by atoms with E-state index in [1.807, 2.05) is 23.7 Å². The summed E-state index contributed by atoms with van der Waals surface area (Å²) in [6.45, 7) is 0.441. The van der Waals surface area contributed by atoms with Crippen LogP contribution in [0.3, 0.4) is 0 Å². The van der Waals surface area contributed by atoms with Gasteiger partial charge in [-0.2, -0.15) is 0 Å². The first-order valence-electron chi connectivity index (χ1n) is 6.62. The Kier molecular flexibility index (Phi) is 2.92. The Morgan fingerprint density at radius 3 is 2.95 bits per heavy atom. The highest BCUT2D eigenvalue weighted by molar-refractivity contribution is 5.42. The molecule has 0 spiro atoms. The first-order chi connectivity index (χ1) is 9.19. The average Bonchev–Trinajstić information content (AvgIpc) is 3.02. The minimum atomic E-state index is -0.617. The lowest BCUT2D eigenvalue weighted by Crippen LogP contribution is -2.39. The molecule has 0 radical (unpaired) electrons. The lowest BCUT2D eigenvalue weighted by Gasteiger charge is -2.34. The van der Waals surface area contributed by atoms with Gasteiger partial charge in [0.15, 0.2) is 0 Å². The standard InChI is InChI=1S/C15H19N3O/c1-18-10-17-8-13(18)14(19)15(9-16)7-6-11-4-2-3-5-12(11)15/h2-5,8,10,14,19H,6-7,9,16H2,1H3. The zero-order valence-electron chi connectivity index (χ0n) is 11.1. The van der Waals surface area contributed by atoms with Gasteiger partial charge in [-0.25, -0.2) is 4.98 Å². The van der Waals surface area contributed by atoms with Crippen molar-refractivity contribution < 1.29 is 5.11 Å². The summed E-state index contributed by atoms with van der Waals surface area (Å²) in [4.78, 5) is 4.10. The van der Waals surface area contributed by atoms with Crippen molar-refractivity contribution in [3.8, 4) is 0 Å². The van der Waals surface area contributed by atoms with Crippen LogP contribution in [0, 0.1) is 0 Å². The minimum Gasteiger partial charge on any atom is -0.386 e. The molecule has 2 aromatic rings. The number of aliphatic hydroxyl groups excluding tert-OH is 1. The maximum absolute atomic E-state index is 10.8. The maximum atomic E-state index is 10.8. The van der Waals surface area contributed by atoms with Gasteiger partial charge in [-0.15, -0.1) is 0 Å². The summed E-state index contributed by atoms with van der Waals surface area (Å²) >= 11 is 0. The number of rotatable bonds is 3. The molecule has 3 rings (SSSR count). The van der Waals surface area contributed by atoms with Gasteiger partial charge in [0.05, 0.1) is 18.2 Å². The number of fused-ring (bicyclic) bond motifs is 1. The zero-order valence-corrected chi connectivity index (χ0v) is 11.1. The Labute approximate surface area is 112 Å². The van der Waals surface area contributed by atoms with Crippen LogP contribution in [0.15, 0.2) is 36.8 Å². The number of nitrogens with two attached hydrogens (primary N) is 1. The van der Waals surface area contributed by atoms with Gasteiger partial charge in [-0.3, -0.25) is 0 Å². The van der Waals surface area contributed by atoms with Crippen molar-refractivity contribution in [3.05, 3.63) is 53.6 Å². The zero-order chi connectivity index (χ0) is 13.5. The molecule has 4 nitrogen and oxygen atoms in total. The van der Waals surface area contributed by atoms with Gasteiger partial charge in [-0.05, 0) is 24.0 Å². The van der Waals surface area contributed by atoms with Crippen molar-refractivity contribution in [1.82, 2.24) is 9.55 Å². The highest BCUT2D eigenvalue weighted by Crippen LogP contribution is 2.46. The predicted octanol–water partition coefficient (Wildman–Crippen LogP) is 1.30. The van der Waals surface area contributed by atoms with Crippen molar-refractivity contribution in [2.45, 2.75) is 24.4 Å². The van der Waals surface area contributed by atoms with Crippen molar-refractivity contribution in [2.75, 3.05) is 6.54 Å². The maximum Gasteiger partial charge on any atom is 0.106 e. The van der Waals surface area contributed by atoms with Crippen LogP contribution in [0.5, 0.6) is 0 Å². The van der Waals surface area contributed by atoms with Crippen LogP contribution >= 0.6 is 0 Å². The Morgan fingerprint density at radius 2 is 2.26 bits per heavy atom. The molecule has 19 heavy (non-hydrogen) atoms. The van der Waals surface area contributed by atoms with Gasteiger partial charge in [0.2, 0.25) is 0 Å². The Bertz CT molecular complexity index is 593. The second-order valence-corrected chi connectivity index (χ2v) is 5.35. The predicted molar refractivity (Wildman–Crippen MR) is 73.7 cm³/mol. The molecular weight excluding hydrogens is 238 g/mol. The topological polar surface area (TPSA) is 64.1 Å². The molecule has 0 aliphatic heterocycles. The fraction of sp³-hybridized carbons (Fsp3) is 0.400. The van der Waals surface area contributed by atoms with Crippen LogP contribution in [0.4, 0.5) is 0 Å². The summed E-state index contributed by atoms with van der Waals surface area (Å²) in [7, 11) is 1.90. The van der Waals surface area contributed by atoms with Crippen LogP contribution in [0.1, 0.15) is 29.3 Å². The van der Waals surface area contributed by atoms with E-state index < -0.39 is 6.10 Å². The van der Waals surface area contributed by atoms with Crippen molar-refractivity contribution in [2.24, 2.45) is 12.8 Å². The quantitative estimate of drug-likeness (QED) is 0.871. The van der Waals surface area contributed by atoms with E-state index in [1.54, 1.807) is 12.5 Å². The van der Waals surface area contributed by atoms with E-state index in [0.717, 1.165) is 18.5 Å². The Morgan fingerprint density at radius 1 is 1.47 bits per heavy atom. The number of imidazole rings is 1. The molecule has 0 amide bonds. The molecule has 1 aliphatic rings. The molecule has 0 saturated heterocycles. The average molecular weight is 257 g/mol. The molecule has 2 unspecified atom stereocenters. The van der Waals surface area contributed by atoms with Crippen LogP contribution in [0.25, 0.3) is 0 Å². The third-order valence-electron chi connectivity index (χ3n) is 4.42. The Balaban J connectivity index is 2.09. The third kappa shape index (κ3) is 1.71. The first-order valence-corrected chi connectivity index (χ1v) is 6.62. The van der Waals surface area contributed by atoms with E-state index in [0.29, 0.717) is 6.54 Å². The lowest BCUT2D eigenvalue weighted by molar-refractivity contribution is 0.0776. The van der Waals surface area contributed by atoms with Crippen molar-refractivity contribution >= 4 is 0 Å².